The van der Waals surface area contributed by atoms with Gasteiger partial charge in [0, 0.05) is 26.1 Å². The van der Waals surface area contributed by atoms with Gasteiger partial charge in [-0.2, -0.15) is 0 Å². The number of likely N-dealkylation sites (tertiary alicyclic amines) is 1. The molecule has 1 fully saturated rings. The topological polar surface area (TPSA) is 49.4 Å². The molecule has 0 radical (unpaired) electrons. The number of nitrogens with one attached hydrogen (secondary N) is 1. The fraction of sp³-hybridized carbons (Fsp3) is 0.778. The Morgan fingerprint density at radius 1 is 1.36 bits per heavy atom. The van der Waals surface area contributed by atoms with Crippen LogP contribution in [0.2, 0.25) is 0 Å². The molecule has 1 saturated heterocycles. The summed E-state index contributed by atoms with van der Waals surface area (Å²) in [6.07, 6.45) is 12.0. The third-order valence-electron chi connectivity index (χ3n) is 4.75. The van der Waals surface area contributed by atoms with Crippen molar-refractivity contribution >= 4 is 11.8 Å². The smallest absolute Gasteiger partial charge is 0.225 e. The summed E-state index contributed by atoms with van der Waals surface area (Å²) in [4.78, 5) is 26.0. The zero-order chi connectivity index (χ0) is 15.8. The van der Waals surface area contributed by atoms with E-state index in [1.165, 1.54) is 31.3 Å². The van der Waals surface area contributed by atoms with Crippen molar-refractivity contribution in [2.45, 2.75) is 64.7 Å². The maximum absolute atomic E-state index is 12.2. The van der Waals surface area contributed by atoms with E-state index in [0.717, 1.165) is 32.2 Å². The van der Waals surface area contributed by atoms with Crippen molar-refractivity contribution in [3.8, 4) is 0 Å². The lowest BCUT2D eigenvalue weighted by atomic mass is 9.97. The second-order valence-corrected chi connectivity index (χ2v) is 6.60. The van der Waals surface area contributed by atoms with Crippen molar-refractivity contribution in [3.63, 3.8) is 0 Å². The van der Waals surface area contributed by atoms with E-state index in [0.29, 0.717) is 19.5 Å². The molecule has 0 bridgehead atoms. The van der Waals surface area contributed by atoms with E-state index < -0.39 is 0 Å². The summed E-state index contributed by atoms with van der Waals surface area (Å²) in [5.74, 6) is 0.0588. The molecular formula is C18H30N2O2. The maximum Gasteiger partial charge on any atom is 0.225 e. The van der Waals surface area contributed by atoms with Gasteiger partial charge >= 0.3 is 0 Å². The van der Waals surface area contributed by atoms with Crippen molar-refractivity contribution in [1.82, 2.24) is 10.2 Å². The minimum Gasteiger partial charge on any atom is -0.355 e. The zero-order valence-corrected chi connectivity index (χ0v) is 13.9. The molecule has 1 heterocycles. The van der Waals surface area contributed by atoms with Gasteiger partial charge < -0.3 is 10.2 Å². The van der Waals surface area contributed by atoms with Crippen molar-refractivity contribution in [1.29, 1.82) is 0 Å². The van der Waals surface area contributed by atoms with Crippen molar-refractivity contribution < 1.29 is 9.59 Å². The van der Waals surface area contributed by atoms with Crippen molar-refractivity contribution in [3.05, 3.63) is 11.6 Å². The van der Waals surface area contributed by atoms with Crippen LogP contribution < -0.4 is 5.32 Å². The molecular weight excluding hydrogens is 276 g/mol. The minimum absolute atomic E-state index is 0.0581. The normalized spacial score (nSPS) is 21.9. The molecule has 2 rings (SSSR count). The van der Waals surface area contributed by atoms with E-state index in [9.17, 15) is 9.59 Å². The fourth-order valence-electron chi connectivity index (χ4n) is 3.34. The lowest BCUT2D eigenvalue weighted by molar-refractivity contribution is -0.129. The molecule has 1 aliphatic heterocycles. The molecule has 0 spiro atoms. The Balaban J connectivity index is 1.67. The monoisotopic (exact) mass is 306 g/mol. The first-order valence-corrected chi connectivity index (χ1v) is 8.94. The van der Waals surface area contributed by atoms with Gasteiger partial charge in [0.2, 0.25) is 11.8 Å². The molecule has 1 aliphatic carbocycles. The lowest BCUT2D eigenvalue weighted by Crippen LogP contribution is -2.34. The largest absolute Gasteiger partial charge is 0.355 e. The highest BCUT2D eigenvalue weighted by Crippen LogP contribution is 2.21. The highest BCUT2D eigenvalue weighted by atomic mass is 16.2. The third-order valence-corrected chi connectivity index (χ3v) is 4.75. The van der Waals surface area contributed by atoms with E-state index in [4.69, 9.17) is 0 Å². The lowest BCUT2D eigenvalue weighted by Gasteiger charge is -2.17. The van der Waals surface area contributed by atoms with Crippen molar-refractivity contribution in [2.24, 2.45) is 5.92 Å². The number of rotatable bonds is 8. The van der Waals surface area contributed by atoms with E-state index in [-0.39, 0.29) is 17.7 Å². The van der Waals surface area contributed by atoms with Gasteiger partial charge in [0.1, 0.15) is 0 Å². The standard InChI is InChI=1S/C18H30N2O2/c1-2-3-7-12-20-14-16(13-17(20)21)18(22)19-11-10-15-8-5-4-6-9-15/h8,16H,2-7,9-14H2,1H3,(H,19,22). The zero-order valence-electron chi connectivity index (χ0n) is 13.9. The average Bonchev–Trinajstić information content (AvgIpc) is 2.90. The molecule has 0 aromatic carbocycles. The second kappa shape index (κ2) is 8.96. The molecule has 2 aliphatic rings. The van der Waals surface area contributed by atoms with Gasteiger partial charge in [-0.25, -0.2) is 0 Å². The minimum atomic E-state index is -0.144. The predicted molar refractivity (Wildman–Crippen MR) is 88.4 cm³/mol. The number of allylic oxidation sites excluding steroid dienone is 1. The van der Waals surface area contributed by atoms with E-state index in [1.807, 2.05) is 4.90 Å². The number of carbonyl (C=O) groups is 2. The first kappa shape index (κ1) is 17.0. The Morgan fingerprint density at radius 3 is 2.95 bits per heavy atom. The molecule has 4 heteroatoms. The first-order chi connectivity index (χ1) is 10.7. The summed E-state index contributed by atoms with van der Waals surface area (Å²) >= 11 is 0. The number of carbonyl (C=O) groups excluding carboxylic acids is 2. The summed E-state index contributed by atoms with van der Waals surface area (Å²) in [6, 6.07) is 0. The Kier molecular flexibility index (Phi) is 6.94. The van der Waals surface area contributed by atoms with Gasteiger partial charge in [0.25, 0.3) is 0 Å². The Morgan fingerprint density at radius 2 is 2.23 bits per heavy atom. The van der Waals surface area contributed by atoms with Crippen LogP contribution in [0.25, 0.3) is 0 Å². The summed E-state index contributed by atoms with van der Waals surface area (Å²) in [7, 11) is 0. The first-order valence-electron chi connectivity index (χ1n) is 8.94. The number of nitrogens with zero attached hydrogens (tertiary/aromatic N) is 1. The van der Waals surface area contributed by atoms with Crippen LogP contribution in [0.15, 0.2) is 11.6 Å². The van der Waals surface area contributed by atoms with E-state index >= 15 is 0 Å². The molecule has 0 aromatic rings. The Hall–Kier alpha value is -1.32. The van der Waals surface area contributed by atoms with Crippen LogP contribution in [0.5, 0.6) is 0 Å². The van der Waals surface area contributed by atoms with E-state index in [2.05, 4.69) is 18.3 Å². The van der Waals surface area contributed by atoms with Crippen LogP contribution >= 0.6 is 0 Å². The molecule has 2 amide bonds. The van der Waals surface area contributed by atoms with Gasteiger partial charge in [-0.3, -0.25) is 9.59 Å². The molecule has 0 aromatic heterocycles. The summed E-state index contributed by atoms with van der Waals surface area (Å²) < 4.78 is 0. The number of hydrogen-bond acceptors (Lipinski definition) is 2. The van der Waals surface area contributed by atoms with Crippen molar-refractivity contribution in [2.75, 3.05) is 19.6 Å². The number of hydrogen-bond donors (Lipinski definition) is 1. The molecule has 0 saturated carbocycles. The highest BCUT2D eigenvalue weighted by molar-refractivity contribution is 5.89. The van der Waals surface area contributed by atoms with Gasteiger partial charge in [-0.15, -0.1) is 0 Å². The maximum atomic E-state index is 12.2. The van der Waals surface area contributed by atoms with Gasteiger partial charge in [0.05, 0.1) is 5.92 Å². The average molecular weight is 306 g/mol. The summed E-state index contributed by atoms with van der Waals surface area (Å²) in [5, 5.41) is 3.02. The predicted octanol–water partition coefficient (Wildman–Crippen LogP) is 3.03. The highest BCUT2D eigenvalue weighted by Gasteiger charge is 2.33. The molecule has 1 atom stereocenters. The second-order valence-electron chi connectivity index (χ2n) is 6.60. The fourth-order valence-corrected chi connectivity index (χ4v) is 3.34. The molecule has 124 valence electrons. The summed E-state index contributed by atoms with van der Waals surface area (Å²) in [5.41, 5.74) is 1.48. The molecule has 22 heavy (non-hydrogen) atoms. The number of unbranched alkanes of at least 4 members (excludes halogenated alkanes) is 2. The van der Waals surface area contributed by atoms with Gasteiger partial charge in [-0.1, -0.05) is 31.4 Å². The van der Waals surface area contributed by atoms with Crippen LogP contribution in [-0.4, -0.2) is 36.3 Å². The van der Waals surface area contributed by atoms with Crippen LogP contribution in [-0.2, 0) is 9.59 Å². The molecule has 4 nitrogen and oxygen atoms in total. The van der Waals surface area contributed by atoms with Gasteiger partial charge in [0.15, 0.2) is 0 Å². The third kappa shape index (κ3) is 5.15. The number of amides is 2. The van der Waals surface area contributed by atoms with Gasteiger partial charge in [-0.05, 0) is 38.5 Å². The Bertz CT molecular complexity index is 417. The quantitative estimate of drug-likeness (QED) is 0.553. The van der Waals surface area contributed by atoms with Crippen LogP contribution in [0.1, 0.15) is 64.7 Å². The Labute approximate surface area is 134 Å². The molecule has 1 N–H and O–H groups in total. The van der Waals surface area contributed by atoms with E-state index in [1.54, 1.807) is 0 Å². The van der Waals surface area contributed by atoms with Crippen LogP contribution in [0.3, 0.4) is 0 Å². The summed E-state index contributed by atoms with van der Waals surface area (Å²) in [6.45, 7) is 4.29. The SMILES string of the molecule is CCCCCN1CC(C(=O)NCCC2=CCCCC2)CC1=O. The van der Waals surface area contributed by atoms with Crippen LogP contribution in [0, 0.1) is 5.92 Å². The molecule has 1 unspecified atom stereocenters. The van der Waals surface area contributed by atoms with Crippen LogP contribution in [0.4, 0.5) is 0 Å².